The highest BCUT2D eigenvalue weighted by Crippen LogP contribution is 2.28. The van der Waals surface area contributed by atoms with Crippen molar-refractivity contribution in [3.63, 3.8) is 0 Å². The number of anilines is 1. The van der Waals surface area contributed by atoms with Gasteiger partial charge in [0.2, 0.25) is 0 Å². The molecule has 1 amide bonds. The van der Waals surface area contributed by atoms with Crippen molar-refractivity contribution in [2.24, 2.45) is 0 Å². The number of aromatic nitrogens is 1. The first-order chi connectivity index (χ1) is 17.0. The molecule has 0 saturated carbocycles. The van der Waals surface area contributed by atoms with Crippen molar-refractivity contribution in [2.75, 3.05) is 38.2 Å². The van der Waals surface area contributed by atoms with Crippen LogP contribution in [-0.2, 0) is 0 Å². The van der Waals surface area contributed by atoms with E-state index < -0.39 is 4.92 Å². The first-order valence-electron chi connectivity index (χ1n) is 11.4. The monoisotopic (exact) mass is 468 g/mol. The highest BCUT2D eigenvalue weighted by Gasteiger charge is 2.25. The van der Waals surface area contributed by atoms with E-state index in [0.29, 0.717) is 31.7 Å². The second kappa shape index (κ2) is 9.42. The number of pyridine rings is 1. The smallest absolute Gasteiger partial charge is 0.269 e. The fraction of sp³-hybridized carbons (Fsp3) is 0.185. The van der Waals surface area contributed by atoms with Crippen molar-refractivity contribution in [1.82, 2.24) is 9.88 Å². The van der Waals surface area contributed by atoms with Gasteiger partial charge in [0.25, 0.3) is 11.6 Å². The molecule has 4 aromatic rings. The van der Waals surface area contributed by atoms with Crippen molar-refractivity contribution in [1.29, 1.82) is 0 Å². The van der Waals surface area contributed by atoms with Gasteiger partial charge < -0.3 is 14.5 Å². The largest absolute Gasteiger partial charge is 0.497 e. The van der Waals surface area contributed by atoms with E-state index in [1.807, 2.05) is 59.5 Å². The van der Waals surface area contributed by atoms with E-state index >= 15 is 0 Å². The third-order valence-corrected chi connectivity index (χ3v) is 6.30. The highest BCUT2D eigenvalue weighted by molar-refractivity contribution is 6.07. The van der Waals surface area contributed by atoms with E-state index in [1.165, 1.54) is 12.1 Å². The number of carbonyl (C=O) groups is 1. The molecular formula is C27H24N4O4. The van der Waals surface area contributed by atoms with Gasteiger partial charge in [0, 0.05) is 54.9 Å². The number of nitro benzene ring substituents is 1. The average molecular weight is 469 g/mol. The van der Waals surface area contributed by atoms with Crippen LogP contribution in [0.1, 0.15) is 10.4 Å². The Kier molecular flexibility index (Phi) is 6.01. The van der Waals surface area contributed by atoms with Gasteiger partial charge in [-0.1, -0.05) is 30.3 Å². The van der Waals surface area contributed by atoms with Gasteiger partial charge >= 0.3 is 0 Å². The van der Waals surface area contributed by atoms with Gasteiger partial charge in [-0.3, -0.25) is 14.9 Å². The van der Waals surface area contributed by atoms with Crippen LogP contribution in [0.25, 0.3) is 22.2 Å². The molecule has 0 atom stereocenters. The van der Waals surface area contributed by atoms with Crippen LogP contribution in [0.15, 0.2) is 78.9 Å². The summed E-state index contributed by atoms with van der Waals surface area (Å²) in [6.07, 6.45) is 0. The van der Waals surface area contributed by atoms with Gasteiger partial charge in [-0.25, -0.2) is 4.98 Å². The average Bonchev–Trinajstić information content (AvgIpc) is 2.92. The summed E-state index contributed by atoms with van der Waals surface area (Å²) in [5.74, 6) is 0.698. The topological polar surface area (TPSA) is 88.8 Å². The summed E-state index contributed by atoms with van der Waals surface area (Å²) < 4.78 is 5.36. The van der Waals surface area contributed by atoms with Crippen molar-refractivity contribution in [2.45, 2.75) is 0 Å². The van der Waals surface area contributed by atoms with Crippen LogP contribution in [0.3, 0.4) is 0 Å². The molecule has 8 nitrogen and oxygen atoms in total. The molecule has 5 rings (SSSR count). The molecule has 0 radical (unpaired) electrons. The number of fused-ring (bicyclic) bond motifs is 1. The molecular weight excluding hydrogens is 444 g/mol. The molecule has 1 aromatic heterocycles. The first-order valence-corrected chi connectivity index (χ1v) is 11.4. The van der Waals surface area contributed by atoms with Crippen LogP contribution >= 0.6 is 0 Å². The second-order valence-electron chi connectivity index (χ2n) is 8.36. The number of benzene rings is 3. The van der Waals surface area contributed by atoms with Crippen molar-refractivity contribution in [3.8, 4) is 17.0 Å². The Bertz CT molecular complexity index is 1400. The summed E-state index contributed by atoms with van der Waals surface area (Å²) in [5.41, 5.74) is 3.97. The Morgan fingerprint density at radius 3 is 2.40 bits per heavy atom. The molecule has 8 heteroatoms. The maximum atomic E-state index is 13.7. The molecule has 0 unspecified atom stereocenters. The summed E-state index contributed by atoms with van der Waals surface area (Å²) in [6, 6.07) is 23.7. The second-order valence-corrected chi connectivity index (χ2v) is 8.36. The molecule has 0 bridgehead atoms. The lowest BCUT2D eigenvalue weighted by Gasteiger charge is -2.36. The van der Waals surface area contributed by atoms with Crippen molar-refractivity contribution < 1.29 is 14.5 Å². The third kappa shape index (κ3) is 4.50. The molecule has 35 heavy (non-hydrogen) atoms. The predicted octanol–water partition coefficient (Wildman–Crippen LogP) is 4.78. The molecule has 2 heterocycles. The quantitative estimate of drug-likeness (QED) is 0.309. The SMILES string of the molecule is COc1cccc(-c2cc(C(=O)N3CCN(c4ccc([N+](=O)[O-])cc4)CC3)c3ccccc3n2)c1. The number of hydrogen-bond acceptors (Lipinski definition) is 6. The number of amides is 1. The van der Waals surface area contributed by atoms with Crippen LogP contribution in [0.2, 0.25) is 0 Å². The number of nitro groups is 1. The summed E-state index contributed by atoms with van der Waals surface area (Å²) in [4.78, 5) is 33.0. The number of hydrogen-bond donors (Lipinski definition) is 0. The Hall–Kier alpha value is -4.46. The Balaban J connectivity index is 1.40. The highest BCUT2D eigenvalue weighted by atomic mass is 16.6. The number of methoxy groups -OCH3 is 1. The molecule has 1 fully saturated rings. The van der Waals surface area contributed by atoms with E-state index in [9.17, 15) is 14.9 Å². The van der Waals surface area contributed by atoms with Gasteiger partial charge in [0.1, 0.15) is 5.75 Å². The Labute approximate surface area is 202 Å². The summed E-state index contributed by atoms with van der Waals surface area (Å²) >= 11 is 0. The van der Waals surface area contributed by atoms with Gasteiger partial charge in [-0.05, 0) is 36.4 Å². The summed E-state index contributed by atoms with van der Waals surface area (Å²) in [6.45, 7) is 2.41. The molecule has 1 aliphatic rings. The molecule has 1 aliphatic heterocycles. The van der Waals surface area contributed by atoms with E-state index in [1.54, 1.807) is 19.2 Å². The minimum absolute atomic E-state index is 0.0314. The third-order valence-electron chi connectivity index (χ3n) is 6.30. The number of ether oxygens (including phenoxy) is 1. The fourth-order valence-corrected chi connectivity index (χ4v) is 4.41. The molecule has 176 valence electrons. The lowest BCUT2D eigenvalue weighted by atomic mass is 10.0. The number of para-hydroxylation sites is 1. The minimum atomic E-state index is -0.404. The minimum Gasteiger partial charge on any atom is -0.497 e. The van der Waals surface area contributed by atoms with Crippen molar-refractivity contribution >= 4 is 28.2 Å². The van der Waals surface area contributed by atoms with E-state index in [2.05, 4.69) is 4.90 Å². The van der Waals surface area contributed by atoms with Crippen LogP contribution in [-0.4, -0.2) is 54.0 Å². The molecule has 3 aromatic carbocycles. The lowest BCUT2D eigenvalue weighted by Crippen LogP contribution is -2.48. The predicted molar refractivity (Wildman–Crippen MR) is 135 cm³/mol. The summed E-state index contributed by atoms with van der Waals surface area (Å²) in [5, 5.41) is 11.7. The van der Waals surface area contributed by atoms with Crippen LogP contribution in [0.4, 0.5) is 11.4 Å². The zero-order valence-electron chi connectivity index (χ0n) is 19.3. The Morgan fingerprint density at radius 2 is 1.69 bits per heavy atom. The standard InChI is InChI=1S/C27H24N4O4/c1-35-22-6-4-5-19(17-22)26-18-24(23-7-2-3-8-25(23)28-26)27(32)30-15-13-29(14-16-30)20-9-11-21(12-10-20)31(33)34/h2-12,17-18H,13-16H2,1H3. The van der Waals surface area contributed by atoms with E-state index in [0.717, 1.165) is 33.6 Å². The molecule has 0 aliphatic carbocycles. The maximum Gasteiger partial charge on any atom is 0.269 e. The lowest BCUT2D eigenvalue weighted by molar-refractivity contribution is -0.384. The molecule has 0 spiro atoms. The van der Waals surface area contributed by atoms with Crippen LogP contribution in [0, 0.1) is 10.1 Å². The van der Waals surface area contributed by atoms with Gasteiger partial charge in [0.05, 0.1) is 28.8 Å². The van der Waals surface area contributed by atoms with Gasteiger partial charge in [0.15, 0.2) is 0 Å². The Morgan fingerprint density at radius 1 is 0.943 bits per heavy atom. The van der Waals surface area contributed by atoms with Crippen LogP contribution in [0.5, 0.6) is 5.75 Å². The number of non-ortho nitro benzene ring substituents is 1. The van der Waals surface area contributed by atoms with Crippen LogP contribution < -0.4 is 9.64 Å². The number of rotatable bonds is 5. The van der Waals surface area contributed by atoms with E-state index in [-0.39, 0.29) is 11.6 Å². The molecule has 1 saturated heterocycles. The summed E-state index contributed by atoms with van der Waals surface area (Å²) in [7, 11) is 1.62. The van der Waals surface area contributed by atoms with E-state index in [4.69, 9.17) is 9.72 Å². The number of nitrogens with zero attached hydrogens (tertiary/aromatic N) is 4. The number of piperazine rings is 1. The first kappa shape index (κ1) is 22.3. The molecule has 0 N–H and O–H groups in total. The van der Waals surface area contributed by atoms with Crippen molar-refractivity contribution in [3.05, 3.63) is 94.5 Å². The normalized spacial score (nSPS) is 13.6. The fourth-order valence-electron chi connectivity index (χ4n) is 4.41. The zero-order valence-corrected chi connectivity index (χ0v) is 19.3. The van der Waals surface area contributed by atoms with Gasteiger partial charge in [-0.15, -0.1) is 0 Å². The van der Waals surface area contributed by atoms with Gasteiger partial charge in [-0.2, -0.15) is 0 Å². The maximum absolute atomic E-state index is 13.7. The number of carbonyl (C=O) groups excluding carboxylic acids is 1. The zero-order chi connectivity index (χ0) is 24.4.